The molecule has 1 amide bonds. The van der Waals surface area contributed by atoms with Crippen LogP contribution in [0.1, 0.15) is 47.2 Å². The van der Waals surface area contributed by atoms with Crippen LogP contribution < -0.4 is 10.1 Å². The van der Waals surface area contributed by atoms with Gasteiger partial charge in [0.25, 0.3) is 0 Å². The molecule has 3 rings (SSSR count). The summed E-state index contributed by atoms with van der Waals surface area (Å²) in [4.78, 5) is 12.9. The number of benzene rings is 2. The van der Waals surface area contributed by atoms with Gasteiger partial charge < -0.3 is 14.8 Å². The van der Waals surface area contributed by atoms with Crippen LogP contribution in [0.3, 0.4) is 0 Å². The lowest BCUT2D eigenvalue weighted by Crippen LogP contribution is -2.40. The molecular formula is C25H34N2O5S. The van der Waals surface area contributed by atoms with Gasteiger partial charge in [0.1, 0.15) is 5.75 Å². The summed E-state index contributed by atoms with van der Waals surface area (Å²) in [7, 11) is -2.08. The van der Waals surface area contributed by atoms with Crippen LogP contribution in [0.5, 0.6) is 5.75 Å². The van der Waals surface area contributed by atoms with Crippen molar-refractivity contribution in [2.75, 3.05) is 33.4 Å². The average molecular weight is 475 g/mol. The molecule has 0 aromatic heterocycles. The first-order valence-corrected chi connectivity index (χ1v) is 12.7. The number of morpholine rings is 1. The summed E-state index contributed by atoms with van der Waals surface area (Å²) in [6.07, 6.45) is 0.603. The standard InChI is InChI=1S/C25H34N2O5S/c1-17-14-19(3)23(15-18(17)2)20(4)26-25(28)9-6-21-16-22(7-8-24(21)31-5)33(29,30)27-10-12-32-13-11-27/h7-8,14-16,20H,6,9-13H2,1-5H3,(H,26,28). The van der Waals surface area contributed by atoms with Crippen LogP contribution >= 0.6 is 0 Å². The van der Waals surface area contributed by atoms with Crippen molar-refractivity contribution in [2.45, 2.75) is 51.5 Å². The normalized spacial score (nSPS) is 15.8. The molecule has 1 atom stereocenters. The van der Waals surface area contributed by atoms with Crippen molar-refractivity contribution >= 4 is 15.9 Å². The maximum Gasteiger partial charge on any atom is 0.243 e. The number of hydrogen-bond acceptors (Lipinski definition) is 5. The molecule has 0 radical (unpaired) electrons. The number of sulfonamides is 1. The van der Waals surface area contributed by atoms with Crippen LogP contribution in [0.25, 0.3) is 0 Å². The van der Waals surface area contributed by atoms with E-state index in [4.69, 9.17) is 9.47 Å². The van der Waals surface area contributed by atoms with E-state index < -0.39 is 10.0 Å². The number of rotatable bonds is 8. The van der Waals surface area contributed by atoms with Gasteiger partial charge >= 0.3 is 0 Å². The zero-order chi connectivity index (χ0) is 24.2. The molecule has 8 heteroatoms. The summed E-state index contributed by atoms with van der Waals surface area (Å²) in [6.45, 7) is 9.62. The van der Waals surface area contributed by atoms with E-state index in [1.165, 1.54) is 15.4 Å². The maximum absolute atomic E-state index is 13.0. The molecule has 2 aromatic carbocycles. The summed E-state index contributed by atoms with van der Waals surface area (Å²) < 4.78 is 38.1. The summed E-state index contributed by atoms with van der Waals surface area (Å²) in [5.41, 5.74) is 5.36. The Balaban J connectivity index is 1.70. The lowest BCUT2D eigenvalue weighted by atomic mass is 9.96. The van der Waals surface area contributed by atoms with Gasteiger partial charge in [0.2, 0.25) is 15.9 Å². The van der Waals surface area contributed by atoms with Crippen molar-refractivity contribution in [1.29, 1.82) is 0 Å². The third-order valence-corrected chi connectivity index (χ3v) is 8.10. The number of carbonyl (C=O) groups excluding carboxylic acids is 1. The molecule has 0 bridgehead atoms. The molecular weight excluding hydrogens is 440 g/mol. The Morgan fingerprint density at radius 3 is 2.42 bits per heavy atom. The fraction of sp³-hybridized carbons (Fsp3) is 0.480. The molecule has 1 aliphatic rings. The second-order valence-corrected chi connectivity index (χ2v) is 10.5. The van der Waals surface area contributed by atoms with Crippen molar-refractivity contribution < 1.29 is 22.7 Å². The van der Waals surface area contributed by atoms with Crippen molar-refractivity contribution in [1.82, 2.24) is 9.62 Å². The lowest BCUT2D eigenvalue weighted by Gasteiger charge is -2.26. The van der Waals surface area contributed by atoms with E-state index in [2.05, 4.69) is 38.2 Å². The third-order valence-electron chi connectivity index (χ3n) is 6.21. The minimum absolute atomic E-state index is 0.0939. The van der Waals surface area contributed by atoms with E-state index in [-0.39, 0.29) is 23.3 Å². The van der Waals surface area contributed by atoms with Crippen LogP contribution in [0.2, 0.25) is 0 Å². The van der Waals surface area contributed by atoms with E-state index in [9.17, 15) is 13.2 Å². The molecule has 1 N–H and O–H groups in total. The van der Waals surface area contributed by atoms with Gasteiger partial charge in [-0.3, -0.25) is 4.79 Å². The highest BCUT2D eigenvalue weighted by atomic mass is 32.2. The Morgan fingerprint density at radius 2 is 1.76 bits per heavy atom. The van der Waals surface area contributed by atoms with Crippen LogP contribution in [0.4, 0.5) is 0 Å². The molecule has 1 aliphatic heterocycles. The smallest absolute Gasteiger partial charge is 0.243 e. The second kappa shape index (κ2) is 10.7. The quantitative estimate of drug-likeness (QED) is 0.633. The number of ether oxygens (including phenoxy) is 2. The molecule has 0 saturated carbocycles. The first-order valence-electron chi connectivity index (χ1n) is 11.3. The number of nitrogens with one attached hydrogen (secondary N) is 1. The fourth-order valence-electron chi connectivity index (χ4n) is 4.14. The number of methoxy groups -OCH3 is 1. The number of nitrogens with zero attached hydrogens (tertiary/aromatic N) is 1. The number of amides is 1. The monoisotopic (exact) mass is 474 g/mol. The van der Waals surface area contributed by atoms with Crippen LogP contribution in [-0.4, -0.2) is 52.0 Å². The summed E-state index contributed by atoms with van der Waals surface area (Å²) in [5.74, 6) is 0.477. The van der Waals surface area contributed by atoms with Gasteiger partial charge in [-0.2, -0.15) is 4.31 Å². The van der Waals surface area contributed by atoms with Crippen molar-refractivity contribution in [2.24, 2.45) is 0 Å². The topological polar surface area (TPSA) is 84.9 Å². The van der Waals surface area contributed by atoms with E-state index in [1.54, 1.807) is 25.3 Å². The van der Waals surface area contributed by atoms with Crippen molar-refractivity contribution in [3.63, 3.8) is 0 Å². The second-order valence-electron chi connectivity index (χ2n) is 8.57. The largest absolute Gasteiger partial charge is 0.496 e. The Morgan fingerprint density at radius 1 is 1.09 bits per heavy atom. The Bertz CT molecular complexity index is 1110. The van der Waals surface area contributed by atoms with Gasteiger partial charge in [0, 0.05) is 19.5 Å². The molecule has 0 aliphatic carbocycles. The predicted octanol–water partition coefficient (Wildman–Crippen LogP) is 3.45. The molecule has 1 fully saturated rings. The number of carbonyl (C=O) groups is 1. The van der Waals surface area contributed by atoms with E-state index >= 15 is 0 Å². The van der Waals surface area contributed by atoms with Gasteiger partial charge in [-0.15, -0.1) is 0 Å². The third kappa shape index (κ3) is 5.93. The van der Waals surface area contributed by atoms with Gasteiger partial charge in [-0.25, -0.2) is 8.42 Å². The van der Waals surface area contributed by atoms with E-state index in [0.29, 0.717) is 44.0 Å². The zero-order valence-electron chi connectivity index (χ0n) is 20.1. The highest BCUT2D eigenvalue weighted by Crippen LogP contribution is 2.27. The summed E-state index contributed by atoms with van der Waals surface area (Å²) in [6, 6.07) is 8.97. The van der Waals surface area contributed by atoms with Gasteiger partial charge in [-0.05, 0) is 80.1 Å². The lowest BCUT2D eigenvalue weighted by molar-refractivity contribution is -0.121. The van der Waals surface area contributed by atoms with Crippen LogP contribution in [0, 0.1) is 20.8 Å². The van der Waals surface area contributed by atoms with Crippen LogP contribution in [0.15, 0.2) is 35.2 Å². The molecule has 180 valence electrons. The van der Waals surface area contributed by atoms with E-state index in [1.807, 2.05) is 6.92 Å². The Hall–Kier alpha value is -2.42. The predicted molar refractivity (Wildman–Crippen MR) is 128 cm³/mol. The molecule has 0 spiro atoms. The van der Waals surface area contributed by atoms with Crippen molar-refractivity contribution in [3.05, 3.63) is 58.1 Å². The molecule has 1 unspecified atom stereocenters. The SMILES string of the molecule is COc1ccc(S(=O)(=O)N2CCOCC2)cc1CCC(=O)NC(C)c1cc(C)c(C)cc1C. The zero-order valence-corrected chi connectivity index (χ0v) is 20.9. The Kier molecular flexibility index (Phi) is 8.15. The average Bonchev–Trinajstić information content (AvgIpc) is 2.80. The first kappa shape index (κ1) is 25.2. The van der Waals surface area contributed by atoms with Crippen molar-refractivity contribution in [3.8, 4) is 5.75 Å². The molecule has 2 aromatic rings. The number of aryl methyl sites for hydroxylation is 4. The molecule has 1 saturated heterocycles. The molecule has 7 nitrogen and oxygen atoms in total. The first-order chi connectivity index (χ1) is 15.6. The summed E-state index contributed by atoms with van der Waals surface area (Å²) in [5, 5.41) is 3.07. The van der Waals surface area contributed by atoms with Crippen LogP contribution in [-0.2, 0) is 26.0 Å². The molecule has 1 heterocycles. The summed E-state index contributed by atoms with van der Waals surface area (Å²) >= 11 is 0. The Labute approximate surface area is 197 Å². The highest BCUT2D eigenvalue weighted by Gasteiger charge is 2.27. The highest BCUT2D eigenvalue weighted by molar-refractivity contribution is 7.89. The van der Waals surface area contributed by atoms with Gasteiger partial charge in [0.15, 0.2) is 0 Å². The number of hydrogen-bond donors (Lipinski definition) is 1. The minimum atomic E-state index is -3.62. The van der Waals surface area contributed by atoms with E-state index in [0.717, 1.165) is 11.1 Å². The fourth-order valence-corrected chi connectivity index (χ4v) is 5.59. The van der Waals surface area contributed by atoms with Gasteiger partial charge in [0.05, 0.1) is 31.3 Å². The maximum atomic E-state index is 13.0. The molecule has 33 heavy (non-hydrogen) atoms. The minimum Gasteiger partial charge on any atom is -0.496 e. The van der Waals surface area contributed by atoms with Gasteiger partial charge in [-0.1, -0.05) is 12.1 Å².